The maximum atomic E-state index is 11.0. The van der Waals surface area contributed by atoms with Gasteiger partial charge in [0.25, 0.3) is 5.69 Å². The van der Waals surface area contributed by atoms with E-state index in [-0.39, 0.29) is 11.6 Å². The van der Waals surface area contributed by atoms with Crippen molar-refractivity contribution in [1.29, 1.82) is 0 Å². The molecule has 25 heavy (non-hydrogen) atoms. The highest BCUT2D eigenvalue weighted by Gasteiger charge is 2.15. The summed E-state index contributed by atoms with van der Waals surface area (Å²) in [6.07, 6.45) is 2.51. The molecule has 7 nitrogen and oxygen atoms in total. The number of rotatable bonds is 7. The number of nitro benzene ring substituents is 1. The maximum absolute atomic E-state index is 11.0. The van der Waals surface area contributed by atoms with Crippen molar-refractivity contribution in [2.75, 3.05) is 5.75 Å². The number of primary amides is 1. The van der Waals surface area contributed by atoms with Gasteiger partial charge in [0.1, 0.15) is 16.2 Å². The molecule has 3 rings (SSSR count). The Morgan fingerprint density at radius 2 is 2.20 bits per heavy atom. The van der Waals surface area contributed by atoms with Gasteiger partial charge in [0.2, 0.25) is 5.91 Å². The van der Waals surface area contributed by atoms with Crippen molar-refractivity contribution < 1.29 is 9.72 Å². The number of carbonyl (C=O) groups is 1. The Balaban J connectivity index is 1.95. The van der Waals surface area contributed by atoms with Gasteiger partial charge in [-0.3, -0.25) is 14.9 Å². The van der Waals surface area contributed by atoms with Crippen LogP contribution in [0.2, 0.25) is 0 Å². The van der Waals surface area contributed by atoms with E-state index in [4.69, 9.17) is 5.73 Å². The van der Waals surface area contributed by atoms with E-state index in [2.05, 4.69) is 9.97 Å². The van der Waals surface area contributed by atoms with E-state index in [9.17, 15) is 14.9 Å². The number of hydrogen-bond acceptors (Lipinski definition) is 7. The van der Waals surface area contributed by atoms with Crippen LogP contribution in [-0.4, -0.2) is 26.6 Å². The molecule has 1 amide bonds. The van der Waals surface area contributed by atoms with Crippen molar-refractivity contribution >= 4 is 44.9 Å². The fraction of sp³-hybridized carbons (Fsp3) is 0.188. The number of nitrogens with zero attached hydrogens (tertiary/aromatic N) is 3. The van der Waals surface area contributed by atoms with Crippen molar-refractivity contribution in [3.8, 4) is 11.1 Å². The molecule has 1 aromatic carbocycles. The van der Waals surface area contributed by atoms with E-state index in [0.717, 1.165) is 26.4 Å². The molecule has 0 aliphatic carbocycles. The van der Waals surface area contributed by atoms with Crippen LogP contribution in [0.15, 0.2) is 41.0 Å². The highest BCUT2D eigenvalue weighted by Crippen LogP contribution is 2.38. The van der Waals surface area contributed by atoms with Crippen molar-refractivity contribution in [2.24, 2.45) is 5.73 Å². The van der Waals surface area contributed by atoms with Crippen molar-refractivity contribution in [2.45, 2.75) is 17.9 Å². The van der Waals surface area contributed by atoms with Crippen LogP contribution >= 0.6 is 23.1 Å². The largest absolute Gasteiger partial charge is 0.370 e. The number of aromatic nitrogens is 2. The Hall–Kier alpha value is -2.52. The van der Waals surface area contributed by atoms with Crippen LogP contribution in [0.25, 0.3) is 21.3 Å². The van der Waals surface area contributed by atoms with Gasteiger partial charge in [0, 0.05) is 35.2 Å². The number of amides is 1. The average Bonchev–Trinajstić information content (AvgIpc) is 3.03. The van der Waals surface area contributed by atoms with Gasteiger partial charge in [0.05, 0.1) is 10.3 Å². The number of non-ortho nitro benzene ring substituents is 1. The topological polar surface area (TPSA) is 112 Å². The maximum Gasteiger partial charge on any atom is 0.270 e. The fourth-order valence-corrected chi connectivity index (χ4v) is 4.31. The minimum atomic E-state index is -0.409. The Morgan fingerprint density at radius 3 is 2.96 bits per heavy atom. The van der Waals surface area contributed by atoms with Gasteiger partial charge in [-0.15, -0.1) is 23.1 Å². The molecule has 2 heterocycles. The first-order chi connectivity index (χ1) is 12.1. The zero-order valence-electron chi connectivity index (χ0n) is 13.0. The summed E-state index contributed by atoms with van der Waals surface area (Å²) in [6.45, 7) is 0. The molecule has 0 fully saturated rings. The van der Waals surface area contributed by atoms with Crippen LogP contribution in [0, 0.1) is 10.1 Å². The predicted molar refractivity (Wildman–Crippen MR) is 98.7 cm³/mol. The summed E-state index contributed by atoms with van der Waals surface area (Å²) in [5, 5.41) is 14.6. The molecule has 0 radical (unpaired) electrons. The van der Waals surface area contributed by atoms with Gasteiger partial charge < -0.3 is 5.73 Å². The zero-order valence-corrected chi connectivity index (χ0v) is 14.7. The summed E-state index contributed by atoms with van der Waals surface area (Å²) in [5.74, 6) is 0.389. The van der Waals surface area contributed by atoms with E-state index in [0.29, 0.717) is 18.6 Å². The first kappa shape index (κ1) is 17.3. The standard InChI is InChI=1S/C16H14N4O3S2/c17-13(21)5-2-6-24-15-14-12(8-25-16(14)19-9-18-15)10-3-1-4-11(7-10)20(22)23/h1,3-4,7-9H,2,5-6H2,(H2,17,21). The van der Waals surface area contributed by atoms with Crippen LogP contribution < -0.4 is 5.73 Å². The van der Waals surface area contributed by atoms with E-state index in [1.165, 1.54) is 35.5 Å². The highest BCUT2D eigenvalue weighted by molar-refractivity contribution is 7.99. The number of benzene rings is 1. The normalized spacial score (nSPS) is 10.9. The second kappa shape index (κ2) is 7.58. The van der Waals surface area contributed by atoms with Crippen molar-refractivity contribution in [3.63, 3.8) is 0 Å². The highest BCUT2D eigenvalue weighted by atomic mass is 32.2. The quantitative estimate of drug-likeness (QED) is 0.222. The number of thioether (sulfide) groups is 1. The molecule has 3 aromatic rings. The van der Waals surface area contributed by atoms with E-state index < -0.39 is 4.92 Å². The summed E-state index contributed by atoms with van der Waals surface area (Å²) in [7, 11) is 0. The van der Waals surface area contributed by atoms with Crippen LogP contribution in [0.1, 0.15) is 12.8 Å². The first-order valence-corrected chi connectivity index (χ1v) is 9.31. The van der Waals surface area contributed by atoms with Crippen LogP contribution in [0.4, 0.5) is 5.69 Å². The molecule has 0 aliphatic rings. The lowest BCUT2D eigenvalue weighted by atomic mass is 10.1. The van der Waals surface area contributed by atoms with Gasteiger partial charge in [0.15, 0.2) is 0 Å². The molecule has 0 bridgehead atoms. The second-order valence-electron chi connectivity index (χ2n) is 5.23. The minimum absolute atomic E-state index is 0.0457. The monoisotopic (exact) mass is 374 g/mol. The lowest BCUT2D eigenvalue weighted by Crippen LogP contribution is -2.10. The lowest BCUT2D eigenvalue weighted by Gasteiger charge is -2.05. The van der Waals surface area contributed by atoms with Crippen LogP contribution in [0.5, 0.6) is 0 Å². The number of fused-ring (bicyclic) bond motifs is 1. The molecule has 0 atom stereocenters. The summed E-state index contributed by atoms with van der Waals surface area (Å²) in [4.78, 5) is 30.9. The van der Waals surface area contributed by atoms with Crippen molar-refractivity contribution in [3.05, 3.63) is 46.1 Å². The molecule has 0 aliphatic heterocycles. The van der Waals surface area contributed by atoms with E-state index >= 15 is 0 Å². The zero-order chi connectivity index (χ0) is 17.8. The van der Waals surface area contributed by atoms with Crippen LogP contribution in [-0.2, 0) is 4.79 Å². The summed E-state index contributed by atoms with van der Waals surface area (Å²) in [6, 6.07) is 6.52. The SMILES string of the molecule is NC(=O)CCCSc1ncnc2scc(-c3cccc([N+](=O)[O-])c3)c12. The van der Waals surface area contributed by atoms with Gasteiger partial charge >= 0.3 is 0 Å². The second-order valence-corrected chi connectivity index (χ2v) is 7.18. The number of thiophene rings is 1. The molecule has 128 valence electrons. The molecule has 2 aromatic heterocycles. The molecule has 0 spiro atoms. The number of nitro groups is 1. The van der Waals surface area contributed by atoms with Gasteiger partial charge in [-0.2, -0.15) is 0 Å². The minimum Gasteiger partial charge on any atom is -0.370 e. The van der Waals surface area contributed by atoms with E-state index in [1.54, 1.807) is 12.1 Å². The number of carbonyl (C=O) groups excluding carboxylic acids is 1. The molecule has 9 heteroatoms. The molecule has 0 saturated carbocycles. The Bertz CT molecular complexity index is 942. The Morgan fingerprint density at radius 1 is 1.36 bits per heavy atom. The fourth-order valence-electron chi connectivity index (χ4n) is 2.37. The lowest BCUT2D eigenvalue weighted by molar-refractivity contribution is -0.384. The summed E-state index contributed by atoms with van der Waals surface area (Å²) >= 11 is 3.00. The van der Waals surface area contributed by atoms with E-state index in [1.807, 2.05) is 11.4 Å². The summed E-state index contributed by atoms with van der Waals surface area (Å²) < 4.78 is 0. The third-order valence-electron chi connectivity index (χ3n) is 3.51. The van der Waals surface area contributed by atoms with Crippen LogP contribution in [0.3, 0.4) is 0 Å². The first-order valence-electron chi connectivity index (χ1n) is 7.44. The Kier molecular flexibility index (Phi) is 5.25. The number of hydrogen-bond donors (Lipinski definition) is 1. The van der Waals surface area contributed by atoms with Gasteiger partial charge in [-0.05, 0) is 12.0 Å². The van der Waals surface area contributed by atoms with Crippen molar-refractivity contribution in [1.82, 2.24) is 9.97 Å². The van der Waals surface area contributed by atoms with Gasteiger partial charge in [-0.1, -0.05) is 12.1 Å². The molecule has 0 unspecified atom stereocenters. The third-order valence-corrected chi connectivity index (χ3v) is 5.47. The third kappa shape index (κ3) is 3.94. The summed E-state index contributed by atoms with van der Waals surface area (Å²) in [5.41, 5.74) is 6.84. The molecular formula is C16H14N4O3S2. The predicted octanol–water partition coefficient (Wildman–Crippen LogP) is 3.62. The average molecular weight is 374 g/mol. The molecular weight excluding hydrogens is 360 g/mol. The Labute approximate surface area is 151 Å². The van der Waals surface area contributed by atoms with Gasteiger partial charge in [-0.25, -0.2) is 9.97 Å². The molecule has 2 N–H and O–H groups in total. The smallest absolute Gasteiger partial charge is 0.270 e. The number of nitrogens with two attached hydrogens (primary N) is 1. The molecule has 0 saturated heterocycles.